The van der Waals surface area contributed by atoms with E-state index in [2.05, 4.69) is 24.2 Å². The number of anilines is 1. The molecule has 1 atom stereocenters. The standard InChI is InChI=1S/C13H17N5O3S/c1-19-8-11-16-13(22-17-11)18-4-3-9(7-18)21-12-14-5-10(20-2)6-15-12/h5-6,9H,3-4,7-8H2,1-2H3. The van der Waals surface area contributed by atoms with E-state index in [1.807, 2.05) is 0 Å². The number of ether oxygens (including phenoxy) is 3. The molecule has 3 heterocycles. The zero-order chi connectivity index (χ0) is 15.4. The highest BCUT2D eigenvalue weighted by Crippen LogP contribution is 2.24. The van der Waals surface area contributed by atoms with E-state index in [4.69, 9.17) is 14.2 Å². The van der Waals surface area contributed by atoms with Crippen LogP contribution in [-0.4, -0.2) is 52.7 Å². The molecule has 8 nitrogen and oxygen atoms in total. The molecule has 0 spiro atoms. The SMILES string of the molecule is COCc1nsc(N2CCC(Oc3ncc(OC)cn3)C2)n1. The monoisotopic (exact) mass is 323 g/mol. The largest absolute Gasteiger partial charge is 0.494 e. The van der Waals surface area contributed by atoms with Crippen LogP contribution in [0.1, 0.15) is 12.2 Å². The minimum absolute atomic E-state index is 0.0446. The number of rotatable bonds is 6. The Morgan fingerprint density at radius 3 is 2.86 bits per heavy atom. The van der Waals surface area contributed by atoms with Gasteiger partial charge in [0.15, 0.2) is 11.6 Å². The minimum atomic E-state index is 0.0446. The first-order valence-electron chi connectivity index (χ1n) is 6.87. The normalized spacial score (nSPS) is 17.7. The fourth-order valence-electron chi connectivity index (χ4n) is 2.18. The zero-order valence-corrected chi connectivity index (χ0v) is 13.2. The second kappa shape index (κ2) is 6.84. The maximum absolute atomic E-state index is 5.79. The van der Waals surface area contributed by atoms with E-state index in [1.165, 1.54) is 11.5 Å². The quantitative estimate of drug-likeness (QED) is 0.783. The van der Waals surface area contributed by atoms with E-state index >= 15 is 0 Å². The van der Waals surface area contributed by atoms with Crippen molar-refractivity contribution in [2.75, 3.05) is 32.2 Å². The summed E-state index contributed by atoms with van der Waals surface area (Å²) in [6.07, 6.45) is 4.13. The average molecular weight is 323 g/mol. The van der Waals surface area contributed by atoms with Gasteiger partial charge in [0.2, 0.25) is 5.13 Å². The van der Waals surface area contributed by atoms with Gasteiger partial charge in [-0.2, -0.15) is 14.3 Å². The summed E-state index contributed by atoms with van der Waals surface area (Å²) in [7, 11) is 3.21. The Morgan fingerprint density at radius 1 is 1.32 bits per heavy atom. The summed E-state index contributed by atoms with van der Waals surface area (Å²) in [5.74, 6) is 1.32. The first-order chi connectivity index (χ1) is 10.8. The Bertz CT molecular complexity index is 606. The highest BCUT2D eigenvalue weighted by molar-refractivity contribution is 7.09. The Morgan fingerprint density at radius 2 is 2.14 bits per heavy atom. The lowest BCUT2D eigenvalue weighted by Gasteiger charge is -2.14. The second-order valence-electron chi connectivity index (χ2n) is 4.81. The lowest BCUT2D eigenvalue weighted by molar-refractivity contribution is 0.179. The smallest absolute Gasteiger partial charge is 0.316 e. The molecule has 0 amide bonds. The Balaban J connectivity index is 1.56. The molecule has 1 fully saturated rings. The minimum Gasteiger partial charge on any atom is -0.494 e. The van der Waals surface area contributed by atoms with Crippen LogP contribution in [0.5, 0.6) is 11.8 Å². The lowest BCUT2D eigenvalue weighted by Crippen LogP contribution is -2.25. The summed E-state index contributed by atoms with van der Waals surface area (Å²) in [6, 6.07) is 0.366. The molecule has 1 unspecified atom stereocenters. The Labute approximate surface area is 132 Å². The van der Waals surface area contributed by atoms with Crippen LogP contribution in [0.2, 0.25) is 0 Å². The average Bonchev–Trinajstić information content (AvgIpc) is 3.18. The first kappa shape index (κ1) is 14.9. The van der Waals surface area contributed by atoms with Crippen LogP contribution in [0.3, 0.4) is 0 Å². The van der Waals surface area contributed by atoms with Crippen LogP contribution in [0.4, 0.5) is 5.13 Å². The molecule has 1 aliphatic heterocycles. The van der Waals surface area contributed by atoms with Crippen molar-refractivity contribution in [2.24, 2.45) is 0 Å². The number of hydrogen-bond donors (Lipinski definition) is 0. The van der Waals surface area contributed by atoms with Gasteiger partial charge in [0, 0.05) is 31.6 Å². The zero-order valence-electron chi connectivity index (χ0n) is 12.4. The van der Waals surface area contributed by atoms with Crippen molar-refractivity contribution in [1.29, 1.82) is 0 Å². The molecule has 0 radical (unpaired) electrons. The molecule has 2 aromatic heterocycles. The maximum Gasteiger partial charge on any atom is 0.316 e. The van der Waals surface area contributed by atoms with Crippen LogP contribution < -0.4 is 14.4 Å². The number of hydrogen-bond acceptors (Lipinski definition) is 9. The third kappa shape index (κ3) is 3.42. The van der Waals surface area contributed by atoms with E-state index in [-0.39, 0.29) is 6.10 Å². The first-order valence-corrected chi connectivity index (χ1v) is 7.65. The highest BCUT2D eigenvalue weighted by atomic mass is 32.1. The predicted octanol–water partition coefficient (Wildman–Crippen LogP) is 1.14. The van der Waals surface area contributed by atoms with Crippen LogP contribution in [0.25, 0.3) is 0 Å². The molecular formula is C13H17N5O3S. The van der Waals surface area contributed by atoms with E-state index in [9.17, 15) is 0 Å². The van der Waals surface area contributed by atoms with Gasteiger partial charge in [0.25, 0.3) is 0 Å². The highest BCUT2D eigenvalue weighted by Gasteiger charge is 2.27. The van der Waals surface area contributed by atoms with Crippen molar-refractivity contribution in [2.45, 2.75) is 19.1 Å². The summed E-state index contributed by atoms with van der Waals surface area (Å²) < 4.78 is 20.1. The fourth-order valence-corrected chi connectivity index (χ4v) is 2.89. The molecule has 0 aliphatic carbocycles. The summed E-state index contributed by atoms with van der Waals surface area (Å²) in [5.41, 5.74) is 0. The van der Waals surface area contributed by atoms with Crippen molar-refractivity contribution in [3.05, 3.63) is 18.2 Å². The molecule has 118 valence electrons. The fraction of sp³-hybridized carbons (Fsp3) is 0.538. The van der Waals surface area contributed by atoms with Crippen LogP contribution >= 0.6 is 11.5 Å². The van der Waals surface area contributed by atoms with E-state index in [0.717, 1.165) is 24.6 Å². The summed E-state index contributed by atoms with van der Waals surface area (Å²) in [6.45, 7) is 2.06. The van der Waals surface area contributed by atoms with Gasteiger partial charge in [-0.15, -0.1) is 0 Å². The van der Waals surface area contributed by atoms with E-state index < -0.39 is 0 Å². The van der Waals surface area contributed by atoms with Crippen molar-refractivity contribution in [3.8, 4) is 11.8 Å². The molecule has 9 heteroatoms. The molecule has 2 aromatic rings. The molecule has 0 aromatic carbocycles. The maximum atomic E-state index is 5.79. The van der Waals surface area contributed by atoms with Gasteiger partial charge in [-0.3, -0.25) is 0 Å². The summed E-state index contributed by atoms with van der Waals surface area (Å²) in [5, 5.41) is 0.897. The van der Waals surface area contributed by atoms with E-state index in [1.54, 1.807) is 26.6 Å². The number of nitrogens with zero attached hydrogens (tertiary/aromatic N) is 5. The summed E-state index contributed by atoms with van der Waals surface area (Å²) in [4.78, 5) is 14.8. The summed E-state index contributed by atoms with van der Waals surface area (Å²) >= 11 is 1.38. The van der Waals surface area contributed by atoms with Gasteiger partial charge < -0.3 is 19.1 Å². The molecule has 0 N–H and O–H groups in total. The molecule has 1 aliphatic rings. The number of aromatic nitrogens is 4. The molecule has 22 heavy (non-hydrogen) atoms. The second-order valence-corrected chi connectivity index (χ2v) is 5.54. The van der Waals surface area contributed by atoms with Gasteiger partial charge in [-0.25, -0.2) is 4.98 Å². The molecule has 0 saturated carbocycles. The molecule has 1 saturated heterocycles. The van der Waals surface area contributed by atoms with Gasteiger partial charge in [0.05, 0.1) is 26.0 Å². The van der Waals surface area contributed by atoms with Gasteiger partial charge in [-0.05, 0) is 0 Å². The predicted molar refractivity (Wildman–Crippen MR) is 80.5 cm³/mol. The van der Waals surface area contributed by atoms with Crippen molar-refractivity contribution in [1.82, 2.24) is 19.3 Å². The van der Waals surface area contributed by atoms with Crippen molar-refractivity contribution >= 4 is 16.7 Å². The van der Waals surface area contributed by atoms with Crippen LogP contribution in [-0.2, 0) is 11.3 Å². The third-order valence-electron chi connectivity index (χ3n) is 3.26. The third-order valence-corrected chi connectivity index (χ3v) is 4.07. The van der Waals surface area contributed by atoms with E-state index in [0.29, 0.717) is 24.2 Å². The van der Waals surface area contributed by atoms with Crippen molar-refractivity contribution < 1.29 is 14.2 Å². The lowest BCUT2D eigenvalue weighted by atomic mass is 10.3. The van der Waals surface area contributed by atoms with Crippen LogP contribution in [0.15, 0.2) is 12.4 Å². The Kier molecular flexibility index (Phi) is 4.64. The molecule has 0 bridgehead atoms. The van der Waals surface area contributed by atoms with Crippen molar-refractivity contribution in [3.63, 3.8) is 0 Å². The van der Waals surface area contributed by atoms with Gasteiger partial charge >= 0.3 is 6.01 Å². The molecular weight excluding hydrogens is 306 g/mol. The van der Waals surface area contributed by atoms with Gasteiger partial charge in [0.1, 0.15) is 12.7 Å². The number of methoxy groups -OCH3 is 2. The topological polar surface area (TPSA) is 82.5 Å². The molecule has 3 rings (SSSR count). The Hall–Kier alpha value is -2.00. The van der Waals surface area contributed by atoms with Crippen LogP contribution in [0, 0.1) is 0 Å². The van der Waals surface area contributed by atoms with Gasteiger partial charge in [-0.1, -0.05) is 0 Å².